The monoisotopic (exact) mass is 325 g/mol. The second-order valence-electron chi connectivity index (χ2n) is 6.59. The Balaban J connectivity index is 2.21. The van der Waals surface area contributed by atoms with Gasteiger partial charge >= 0.3 is 0 Å². The molecular weight excluding hydrogens is 302 g/mol. The van der Waals surface area contributed by atoms with E-state index < -0.39 is 5.60 Å². The van der Waals surface area contributed by atoms with Gasteiger partial charge in [0.15, 0.2) is 5.60 Å². The largest absolute Gasteiger partial charge is 0.452 e. The summed E-state index contributed by atoms with van der Waals surface area (Å²) in [6, 6.07) is 21.1. The Bertz CT molecular complexity index is 629. The van der Waals surface area contributed by atoms with Crippen LogP contribution in [0.15, 0.2) is 60.7 Å². The molecule has 0 saturated carbocycles. The topological polar surface area (TPSA) is 12.5 Å². The SMILES string of the molecule is CC(C)C[C@@H]1N(C)C(=S)OC1(c1ccccc1)c1ccccc1. The fourth-order valence-corrected chi connectivity index (χ4v) is 3.75. The molecule has 2 aromatic carbocycles. The van der Waals surface area contributed by atoms with Crippen molar-refractivity contribution in [3.8, 4) is 0 Å². The van der Waals surface area contributed by atoms with Gasteiger partial charge in [-0.1, -0.05) is 74.5 Å². The number of likely N-dealkylation sites (N-methyl/N-ethyl adjacent to an activating group) is 1. The zero-order valence-electron chi connectivity index (χ0n) is 13.9. The quantitative estimate of drug-likeness (QED) is 0.763. The number of thiocarbonyl (C=S) groups is 1. The van der Waals surface area contributed by atoms with E-state index in [1.165, 1.54) is 0 Å². The van der Waals surface area contributed by atoms with Crippen molar-refractivity contribution in [2.45, 2.75) is 31.9 Å². The molecular formula is C20H23NOS. The van der Waals surface area contributed by atoms with Crippen molar-refractivity contribution >= 4 is 17.4 Å². The standard InChI is InChI=1S/C20H23NOS/c1-15(2)14-18-20(22-19(23)21(18)3,16-10-6-4-7-11-16)17-12-8-5-9-13-17/h4-13,15,18H,14H2,1-3H3/t18-/m0/s1. The van der Waals surface area contributed by atoms with Crippen molar-refractivity contribution in [1.82, 2.24) is 4.90 Å². The third-order valence-electron chi connectivity index (χ3n) is 4.57. The molecule has 0 aliphatic carbocycles. The third-order valence-corrected chi connectivity index (χ3v) is 4.94. The van der Waals surface area contributed by atoms with E-state index >= 15 is 0 Å². The maximum Gasteiger partial charge on any atom is 0.260 e. The molecule has 1 saturated heterocycles. The summed E-state index contributed by atoms with van der Waals surface area (Å²) >= 11 is 5.52. The van der Waals surface area contributed by atoms with Crippen molar-refractivity contribution < 1.29 is 4.74 Å². The first-order valence-corrected chi connectivity index (χ1v) is 8.53. The van der Waals surface area contributed by atoms with Gasteiger partial charge in [-0.3, -0.25) is 0 Å². The Labute approximate surface area is 144 Å². The third kappa shape index (κ3) is 2.74. The molecule has 0 radical (unpaired) electrons. The van der Waals surface area contributed by atoms with E-state index in [4.69, 9.17) is 17.0 Å². The second kappa shape index (κ2) is 6.32. The molecule has 1 fully saturated rings. The predicted molar refractivity (Wildman–Crippen MR) is 98.4 cm³/mol. The lowest BCUT2D eigenvalue weighted by Gasteiger charge is -2.36. The van der Waals surface area contributed by atoms with Gasteiger partial charge in [0.05, 0.1) is 6.04 Å². The summed E-state index contributed by atoms with van der Waals surface area (Å²) in [5, 5.41) is 0.573. The van der Waals surface area contributed by atoms with E-state index in [2.05, 4.69) is 67.3 Å². The van der Waals surface area contributed by atoms with E-state index in [1.807, 2.05) is 19.2 Å². The van der Waals surface area contributed by atoms with Crippen LogP contribution in [0, 0.1) is 5.92 Å². The van der Waals surface area contributed by atoms with Gasteiger partial charge in [0.1, 0.15) is 0 Å². The Hall–Kier alpha value is -1.87. The fourth-order valence-electron chi connectivity index (χ4n) is 3.49. The minimum absolute atomic E-state index is 0.180. The maximum atomic E-state index is 6.40. The van der Waals surface area contributed by atoms with Gasteiger partial charge in [-0.05, 0) is 24.6 Å². The summed E-state index contributed by atoms with van der Waals surface area (Å²) in [5.74, 6) is 0.554. The summed E-state index contributed by atoms with van der Waals surface area (Å²) in [5.41, 5.74) is 1.77. The molecule has 1 heterocycles. The van der Waals surface area contributed by atoms with Crippen LogP contribution in [0.2, 0.25) is 0 Å². The Morgan fingerprint density at radius 1 is 1.00 bits per heavy atom. The predicted octanol–water partition coefficient (Wildman–Crippen LogP) is 4.59. The first-order chi connectivity index (χ1) is 11.1. The molecule has 0 amide bonds. The van der Waals surface area contributed by atoms with Gasteiger partial charge in [0, 0.05) is 18.2 Å². The lowest BCUT2D eigenvalue weighted by atomic mass is 9.77. The van der Waals surface area contributed by atoms with Crippen LogP contribution in [-0.4, -0.2) is 23.2 Å². The van der Waals surface area contributed by atoms with E-state index in [0.29, 0.717) is 11.1 Å². The Morgan fingerprint density at radius 2 is 1.48 bits per heavy atom. The van der Waals surface area contributed by atoms with Crippen LogP contribution in [0.25, 0.3) is 0 Å². The van der Waals surface area contributed by atoms with Crippen LogP contribution in [0.1, 0.15) is 31.4 Å². The van der Waals surface area contributed by atoms with Crippen LogP contribution in [0.4, 0.5) is 0 Å². The molecule has 0 unspecified atom stereocenters. The zero-order chi connectivity index (χ0) is 16.4. The number of benzene rings is 2. The lowest BCUT2D eigenvalue weighted by Crippen LogP contribution is -2.43. The van der Waals surface area contributed by atoms with Gasteiger partial charge < -0.3 is 9.64 Å². The fraction of sp³-hybridized carbons (Fsp3) is 0.350. The van der Waals surface area contributed by atoms with Crippen molar-refractivity contribution in [3.05, 3.63) is 71.8 Å². The highest BCUT2D eigenvalue weighted by Crippen LogP contribution is 2.46. The van der Waals surface area contributed by atoms with E-state index in [-0.39, 0.29) is 6.04 Å². The molecule has 1 atom stereocenters. The first kappa shape index (κ1) is 16.0. The molecule has 3 heteroatoms. The first-order valence-electron chi connectivity index (χ1n) is 8.12. The summed E-state index contributed by atoms with van der Waals surface area (Å²) in [7, 11) is 2.04. The molecule has 0 aromatic heterocycles. The van der Waals surface area contributed by atoms with E-state index in [1.54, 1.807) is 0 Å². The molecule has 0 N–H and O–H groups in total. The minimum atomic E-state index is -0.543. The van der Waals surface area contributed by atoms with Crippen LogP contribution in [0.3, 0.4) is 0 Å². The molecule has 0 bridgehead atoms. The van der Waals surface area contributed by atoms with Crippen LogP contribution in [0.5, 0.6) is 0 Å². The van der Waals surface area contributed by atoms with Gasteiger partial charge in [-0.2, -0.15) is 0 Å². The lowest BCUT2D eigenvalue weighted by molar-refractivity contribution is 0.0870. The zero-order valence-corrected chi connectivity index (χ0v) is 14.7. The normalized spacial score (nSPS) is 19.9. The molecule has 3 rings (SSSR count). The van der Waals surface area contributed by atoms with Crippen LogP contribution >= 0.6 is 12.2 Å². The Morgan fingerprint density at radius 3 is 1.91 bits per heavy atom. The van der Waals surface area contributed by atoms with Gasteiger partial charge in [0.25, 0.3) is 5.17 Å². The summed E-state index contributed by atoms with van der Waals surface area (Å²) in [6.07, 6.45) is 1.01. The highest BCUT2D eigenvalue weighted by molar-refractivity contribution is 7.80. The number of ether oxygens (including phenoxy) is 1. The average Bonchev–Trinajstić information content (AvgIpc) is 2.82. The van der Waals surface area contributed by atoms with Crippen molar-refractivity contribution in [2.75, 3.05) is 7.05 Å². The summed E-state index contributed by atoms with van der Waals surface area (Å²) in [6.45, 7) is 4.49. The van der Waals surface area contributed by atoms with Gasteiger partial charge in [0.2, 0.25) is 0 Å². The highest BCUT2D eigenvalue weighted by Gasteiger charge is 2.53. The molecule has 1 aliphatic rings. The van der Waals surface area contributed by atoms with Gasteiger partial charge in [-0.25, -0.2) is 0 Å². The number of hydrogen-bond acceptors (Lipinski definition) is 2. The smallest absolute Gasteiger partial charge is 0.260 e. The number of hydrogen-bond donors (Lipinski definition) is 0. The van der Waals surface area contributed by atoms with Crippen molar-refractivity contribution in [2.24, 2.45) is 5.92 Å². The molecule has 2 nitrogen and oxygen atoms in total. The average molecular weight is 325 g/mol. The van der Waals surface area contributed by atoms with Crippen molar-refractivity contribution in [1.29, 1.82) is 0 Å². The number of nitrogens with zero attached hydrogens (tertiary/aromatic N) is 1. The Kier molecular flexibility index (Phi) is 4.40. The van der Waals surface area contributed by atoms with Crippen LogP contribution < -0.4 is 0 Å². The molecule has 2 aromatic rings. The molecule has 1 aliphatic heterocycles. The van der Waals surface area contributed by atoms with Crippen LogP contribution in [-0.2, 0) is 10.3 Å². The summed E-state index contributed by atoms with van der Waals surface area (Å²) in [4.78, 5) is 2.12. The van der Waals surface area contributed by atoms with E-state index in [0.717, 1.165) is 17.5 Å². The summed E-state index contributed by atoms with van der Waals surface area (Å²) < 4.78 is 6.40. The molecule has 23 heavy (non-hydrogen) atoms. The highest BCUT2D eigenvalue weighted by atomic mass is 32.1. The van der Waals surface area contributed by atoms with Crippen molar-refractivity contribution in [3.63, 3.8) is 0 Å². The molecule has 120 valence electrons. The second-order valence-corrected chi connectivity index (χ2v) is 6.94. The van der Waals surface area contributed by atoms with E-state index in [9.17, 15) is 0 Å². The maximum absolute atomic E-state index is 6.40. The number of rotatable bonds is 4. The minimum Gasteiger partial charge on any atom is -0.452 e. The molecule has 0 spiro atoms. The van der Waals surface area contributed by atoms with Gasteiger partial charge in [-0.15, -0.1) is 0 Å².